The van der Waals surface area contributed by atoms with Gasteiger partial charge in [0.2, 0.25) is 0 Å². The molecule has 0 heterocycles. The van der Waals surface area contributed by atoms with Gasteiger partial charge < -0.3 is 10.5 Å². The van der Waals surface area contributed by atoms with Gasteiger partial charge in [-0.1, -0.05) is 6.42 Å². The summed E-state index contributed by atoms with van der Waals surface area (Å²) < 4.78 is 18.4. The predicted octanol–water partition coefficient (Wildman–Crippen LogP) is 2.39. The standard InChI is InChI=1S/C14H18FNO2/c1-18-13-6-5-10(15)7-12(13)14(17)11-4-2-3-9(11)8-16/h5-7,9,11H,2-4,8,16H2,1H3. The largest absolute Gasteiger partial charge is 0.496 e. The molecule has 1 fully saturated rings. The van der Waals surface area contributed by atoms with Crippen LogP contribution in [0.4, 0.5) is 4.39 Å². The van der Waals surface area contributed by atoms with Crippen molar-refractivity contribution in [3.63, 3.8) is 0 Å². The summed E-state index contributed by atoms with van der Waals surface area (Å²) in [5, 5.41) is 0. The van der Waals surface area contributed by atoms with Crippen molar-refractivity contribution in [2.24, 2.45) is 17.6 Å². The van der Waals surface area contributed by atoms with Gasteiger partial charge in [0.25, 0.3) is 0 Å². The number of ether oxygens (including phenoxy) is 1. The summed E-state index contributed by atoms with van der Waals surface area (Å²) in [5.74, 6) is 0.0981. The molecule has 1 saturated carbocycles. The fourth-order valence-corrected chi connectivity index (χ4v) is 2.74. The van der Waals surface area contributed by atoms with E-state index < -0.39 is 5.82 Å². The van der Waals surface area contributed by atoms with Gasteiger partial charge in [0.05, 0.1) is 12.7 Å². The Kier molecular flexibility index (Phi) is 3.97. The first kappa shape index (κ1) is 13.0. The van der Waals surface area contributed by atoms with Crippen LogP contribution in [0.3, 0.4) is 0 Å². The highest BCUT2D eigenvalue weighted by Gasteiger charge is 2.33. The molecule has 2 rings (SSSR count). The van der Waals surface area contributed by atoms with Crippen molar-refractivity contribution in [3.05, 3.63) is 29.6 Å². The molecule has 0 bridgehead atoms. The zero-order chi connectivity index (χ0) is 13.1. The third kappa shape index (κ3) is 2.38. The maximum atomic E-state index is 13.3. The summed E-state index contributed by atoms with van der Waals surface area (Å²) in [5.41, 5.74) is 6.02. The van der Waals surface area contributed by atoms with Crippen LogP contribution >= 0.6 is 0 Å². The smallest absolute Gasteiger partial charge is 0.170 e. The molecule has 2 N–H and O–H groups in total. The molecule has 1 aromatic rings. The quantitative estimate of drug-likeness (QED) is 0.836. The van der Waals surface area contributed by atoms with Gasteiger partial charge in [-0.3, -0.25) is 4.79 Å². The molecule has 0 spiro atoms. The molecule has 1 aliphatic rings. The molecule has 98 valence electrons. The monoisotopic (exact) mass is 251 g/mol. The second-order valence-corrected chi connectivity index (χ2v) is 4.74. The Morgan fingerprint density at radius 3 is 2.94 bits per heavy atom. The van der Waals surface area contributed by atoms with Gasteiger partial charge in [0, 0.05) is 5.92 Å². The highest BCUT2D eigenvalue weighted by Crippen LogP contribution is 2.35. The van der Waals surface area contributed by atoms with Gasteiger partial charge >= 0.3 is 0 Å². The second kappa shape index (κ2) is 5.48. The van der Waals surface area contributed by atoms with Crippen molar-refractivity contribution in [2.45, 2.75) is 19.3 Å². The first-order valence-corrected chi connectivity index (χ1v) is 6.25. The molecule has 0 saturated heterocycles. The number of rotatable bonds is 4. The Labute approximate surface area is 106 Å². The van der Waals surface area contributed by atoms with Crippen molar-refractivity contribution in [1.82, 2.24) is 0 Å². The first-order valence-electron chi connectivity index (χ1n) is 6.25. The number of hydrogen-bond donors (Lipinski definition) is 1. The average molecular weight is 251 g/mol. The molecule has 18 heavy (non-hydrogen) atoms. The van der Waals surface area contributed by atoms with Crippen molar-refractivity contribution < 1.29 is 13.9 Å². The minimum atomic E-state index is -0.415. The molecule has 0 amide bonds. The molecule has 1 aliphatic carbocycles. The third-order valence-corrected chi connectivity index (χ3v) is 3.73. The summed E-state index contributed by atoms with van der Waals surface area (Å²) in [7, 11) is 1.49. The lowest BCUT2D eigenvalue weighted by Gasteiger charge is -2.18. The maximum Gasteiger partial charge on any atom is 0.170 e. The summed E-state index contributed by atoms with van der Waals surface area (Å²) in [6.45, 7) is 0.508. The lowest BCUT2D eigenvalue weighted by atomic mass is 9.88. The summed E-state index contributed by atoms with van der Waals surface area (Å²) in [6.07, 6.45) is 2.82. The van der Waals surface area contributed by atoms with Crippen molar-refractivity contribution in [3.8, 4) is 5.75 Å². The van der Waals surface area contributed by atoms with Gasteiger partial charge in [0.15, 0.2) is 5.78 Å². The minimum absolute atomic E-state index is 0.0423. The summed E-state index contributed by atoms with van der Waals surface area (Å²) in [6, 6.07) is 4.05. The molecule has 0 aromatic heterocycles. The van der Waals surface area contributed by atoms with Crippen LogP contribution in [-0.2, 0) is 0 Å². The Balaban J connectivity index is 2.30. The van der Waals surface area contributed by atoms with Crippen LogP contribution in [0.15, 0.2) is 18.2 Å². The normalized spacial score (nSPS) is 23.1. The van der Waals surface area contributed by atoms with E-state index in [0.717, 1.165) is 19.3 Å². The van der Waals surface area contributed by atoms with E-state index in [4.69, 9.17) is 10.5 Å². The van der Waals surface area contributed by atoms with E-state index in [2.05, 4.69) is 0 Å². The van der Waals surface area contributed by atoms with Crippen LogP contribution in [0.5, 0.6) is 5.75 Å². The van der Waals surface area contributed by atoms with Crippen LogP contribution in [0.2, 0.25) is 0 Å². The van der Waals surface area contributed by atoms with Gasteiger partial charge in [-0.25, -0.2) is 4.39 Å². The number of methoxy groups -OCH3 is 1. The number of benzene rings is 1. The van der Waals surface area contributed by atoms with E-state index in [9.17, 15) is 9.18 Å². The molecule has 1 aromatic carbocycles. The topological polar surface area (TPSA) is 52.3 Å². The van der Waals surface area contributed by atoms with Crippen molar-refractivity contribution in [1.29, 1.82) is 0 Å². The Morgan fingerprint density at radius 2 is 2.28 bits per heavy atom. The van der Waals surface area contributed by atoms with Crippen molar-refractivity contribution in [2.75, 3.05) is 13.7 Å². The zero-order valence-electron chi connectivity index (χ0n) is 10.5. The summed E-state index contributed by atoms with van der Waals surface area (Å²) >= 11 is 0. The van der Waals surface area contributed by atoms with Gasteiger partial charge in [-0.15, -0.1) is 0 Å². The fraction of sp³-hybridized carbons (Fsp3) is 0.500. The van der Waals surface area contributed by atoms with Crippen LogP contribution in [-0.4, -0.2) is 19.4 Å². The van der Waals surface area contributed by atoms with E-state index in [0.29, 0.717) is 17.9 Å². The Hall–Kier alpha value is -1.42. The zero-order valence-corrected chi connectivity index (χ0v) is 10.5. The van der Waals surface area contributed by atoms with E-state index in [1.165, 1.54) is 25.3 Å². The van der Waals surface area contributed by atoms with Gasteiger partial charge in [-0.2, -0.15) is 0 Å². The first-order chi connectivity index (χ1) is 8.67. The molecule has 0 radical (unpaired) electrons. The van der Waals surface area contributed by atoms with Gasteiger partial charge in [0.1, 0.15) is 11.6 Å². The number of Topliss-reactive ketones (excluding diaryl/α,β-unsaturated/α-hetero) is 1. The highest BCUT2D eigenvalue weighted by atomic mass is 19.1. The Bertz CT molecular complexity index is 447. The molecule has 2 atom stereocenters. The number of halogens is 1. The van der Waals surface area contributed by atoms with E-state index >= 15 is 0 Å². The lowest BCUT2D eigenvalue weighted by molar-refractivity contribution is 0.0890. The van der Waals surface area contributed by atoms with Crippen LogP contribution < -0.4 is 10.5 Å². The highest BCUT2D eigenvalue weighted by molar-refractivity contribution is 6.00. The fourth-order valence-electron chi connectivity index (χ4n) is 2.74. The maximum absolute atomic E-state index is 13.3. The lowest BCUT2D eigenvalue weighted by Crippen LogP contribution is -2.25. The molecule has 3 nitrogen and oxygen atoms in total. The van der Waals surface area contributed by atoms with E-state index in [1.54, 1.807) is 0 Å². The number of hydrogen-bond acceptors (Lipinski definition) is 3. The molecule has 0 aliphatic heterocycles. The van der Waals surface area contributed by atoms with Crippen LogP contribution in [0.1, 0.15) is 29.6 Å². The summed E-state index contributed by atoms with van der Waals surface area (Å²) in [4.78, 5) is 12.4. The SMILES string of the molecule is COc1ccc(F)cc1C(=O)C1CCCC1CN. The molecule has 2 unspecified atom stereocenters. The molecular formula is C14H18FNO2. The number of nitrogens with two attached hydrogens (primary N) is 1. The van der Waals surface area contributed by atoms with E-state index in [1.807, 2.05) is 0 Å². The predicted molar refractivity (Wildman–Crippen MR) is 67.2 cm³/mol. The van der Waals surface area contributed by atoms with Crippen LogP contribution in [0, 0.1) is 17.7 Å². The Morgan fingerprint density at radius 1 is 1.50 bits per heavy atom. The second-order valence-electron chi connectivity index (χ2n) is 4.74. The number of ketones is 1. The number of carbonyl (C=O) groups excluding carboxylic acids is 1. The minimum Gasteiger partial charge on any atom is -0.496 e. The molecular weight excluding hydrogens is 233 g/mol. The van der Waals surface area contributed by atoms with E-state index in [-0.39, 0.29) is 17.6 Å². The third-order valence-electron chi connectivity index (χ3n) is 3.73. The number of carbonyl (C=O) groups is 1. The van der Waals surface area contributed by atoms with Gasteiger partial charge in [-0.05, 0) is 43.5 Å². The molecule has 4 heteroatoms. The van der Waals surface area contributed by atoms with Crippen molar-refractivity contribution >= 4 is 5.78 Å². The average Bonchev–Trinajstić information content (AvgIpc) is 2.86. The van der Waals surface area contributed by atoms with Crippen LogP contribution in [0.25, 0.3) is 0 Å².